The highest BCUT2D eigenvalue weighted by Gasteiger charge is 2.13. The Hall–Kier alpha value is -2.94. The van der Waals surface area contributed by atoms with Crippen LogP contribution in [0.15, 0.2) is 66.9 Å². The summed E-state index contributed by atoms with van der Waals surface area (Å²) in [5, 5.41) is 2.30. The molecular weight excluding hydrogens is 272 g/mol. The summed E-state index contributed by atoms with van der Waals surface area (Å²) in [6, 6.07) is 19.9. The third-order valence-corrected chi connectivity index (χ3v) is 3.96. The molecule has 0 aliphatic heterocycles. The van der Waals surface area contributed by atoms with E-state index in [1.54, 1.807) is 13.1 Å². The maximum absolute atomic E-state index is 11.7. The number of aromatic nitrogens is 2. The second-order valence-corrected chi connectivity index (χ2v) is 5.33. The zero-order valence-corrected chi connectivity index (χ0v) is 12.2. The highest BCUT2D eigenvalue weighted by molar-refractivity contribution is 6.11. The molecule has 0 N–H and O–H groups in total. The number of carbonyl (C=O) groups is 1. The molecule has 0 atom stereocenters. The molecule has 3 nitrogen and oxygen atoms in total. The Bertz CT molecular complexity index is 1000. The van der Waals surface area contributed by atoms with E-state index >= 15 is 0 Å². The van der Waals surface area contributed by atoms with Crippen LogP contribution in [0.2, 0.25) is 0 Å². The van der Waals surface area contributed by atoms with Crippen molar-refractivity contribution in [3.8, 4) is 5.82 Å². The lowest BCUT2D eigenvalue weighted by Crippen LogP contribution is -1.98. The van der Waals surface area contributed by atoms with Gasteiger partial charge in [-0.2, -0.15) is 0 Å². The van der Waals surface area contributed by atoms with Gasteiger partial charge in [0.25, 0.3) is 0 Å². The van der Waals surface area contributed by atoms with Crippen molar-refractivity contribution in [2.24, 2.45) is 0 Å². The molecule has 2 aromatic carbocycles. The van der Waals surface area contributed by atoms with E-state index in [1.807, 2.05) is 48.5 Å². The molecule has 0 saturated heterocycles. The van der Waals surface area contributed by atoms with E-state index in [9.17, 15) is 4.79 Å². The average molecular weight is 286 g/mol. The van der Waals surface area contributed by atoms with Gasteiger partial charge in [0.2, 0.25) is 0 Å². The van der Waals surface area contributed by atoms with Crippen molar-refractivity contribution in [2.45, 2.75) is 6.92 Å². The molecule has 0 radical (unpaired) electrons. The van der Waals surface area contributed by atoms with Crippen molar-refractivity contribution in [1.82, 2.24) is 9.55 Å². The van der Waals surface area contributed by atoms with Crippen molar-refractivity contribution in [3.63, 3.8) is 0 Å². The Balaban J connectivity index is 2.19. The first-order valence-electron chi connectivity index (χ1n) is 7.21. The van der Waals surface area contributed by atoms with Crippen LogP contribution in [0.3, 0.4) is 0 Å². The van der Waals surface area contributed by atoms with E-state index in [4.69, 9.17) is 0 Å². The van der Waals surface area contributed by atoms with E-state index in [0.29, 0.717) is 5.56 Å². The summed E-state index contributed by atoms with van der Waals surface area (Å²) in [5.41, 5.74) is 2.82. The molecule has 22 heavy (non-hydrogen) atoms. The first kappa shape index (κ1) is 12.8. The smallest absolute Gasteiger partial charge is 0.159 e. The Labute approximate surface area is 127 Å². The Kier molecular flexibility index (Phi) is 2.79. The van der Waals surface area contributed by atoms with Gasteiger partial charge in [-0.25, -0.2) is 4.98 Å². The minimum atomic E-state index is 0.0692. The molecule has 0 aliphatic rings. The summed E-state index contributed by atoms with van der Waals surface area (Å²) in [5.74, 6) is 0.925. The number of fused-ring (bicyclic) bond motifs is 3. The Morgan fingerprint density at radius 3 is 2.45 bits per heavy atom. The van der Waals surface area contributed by atoms with E-state index < -0.39 is 0 Å². The van der Waals surface area contributed by atoms with Crippen molar-refractivity contribution >= 4 is 27.6 Å². The molecule has 3 heteroatoms. The SMILES string of the molecule is CC(=O)c1ccc2c3ccccc3n(-c3ccccn3)c2c1. The third kappa shape index (κ3) is 1.83. The van der Waals surface area contributed by atoms with Gasteiger partial charge in [0, 0.05) is 22.5 Å². The monoisotopic (exact) mass is 286 g/mol. The van der Waals surface area contributed by atoms with Crippen LogP contribution in [-0.4, -0.2) is 15.3 Å². The summed E-state index contributed by atoms with van der Waals surface area (Å²) in [7, 11) is 0. The van der Waals surface area contributed by atoms with Gasteiger partial charge in [-0.1, -0.05) is 36.4 Å². The normalized spacial score (nSPS) is 11.1. The van der Waals surface area contributed by atoms with Gasteiger partial charge in [0.05, 0.1) is 11.0 Å². The van der Waals surface area contributed by atoms with Crippen LogP contribution < -0.4 is 0 Å². The number of carbonyl (C=O) groups excluding carboxylic acids is 1. The van der Waals surface area contributed by atoms with Gasteiger partial charge in [0.1, 0.15) is 5.82 Å². The van der Waals surface area contributed by atoms with Gasteiger partial charge in [0.15, 0.2) is 5.78 Å². The molecule has 0 fully saturated rings. The number of nitrogens with zero attached hydrogens (tertiary/aromatic N) is 2. The van der Waals surface area contributed by atoms with Crippen LogP contribution in [-0.2, 0) is 0 Å². The van der Waals surface area contributed by atoms with Crippen LogP contribution in [0.1, 0.15) is 17.3 Å². The molecule has 0 bridgehead atoms. The highest BCUT2D eigenvalue weighted by Crippen LogP contribution is 2.31. The number of Topliss-reactive ketones (excluding diaryl/α,β-unsaturated/α-hetero) is 1. The van der Waals surface area contributed by atoms with Crippen molar-refractivity contribution in [2.75, 3.05) is 0 Å². The van der Waals surface area contributed by atoms with Crippen LogP contribution in [0, 0.1) is 0 Å². The molecule has 0 saturated carbocycles. The van der Waals surface area contributed by atoms with Crippen LogP contribution >= 0.6 is 0 Å². The maximum atomic E-state index is 11.7. The molecule has 2 heterocycles. The number of hydrogen-bond donors (Lipinski definition) is 0. The lowest BCUT2D eigenvalue weighted by Gasteiger charge is -2.06. The third-order valence-electron chi connectivity index (χ3n) is 3.96. The second-order valence-electron chi connectivity index (χ2n) is 5.33. The van der Waals surface area contributed by atoms with Gasteiger partial charge in [-0.3, -0.25) is 9.36 Å². The zero-order chi connectivity index (χ0) is 15.1. The van der Waals surface area contributed by atoms with E-state index in [2.05, 4.69) is 21.7 Å². The van der Waals surface area contributed by atoms with Gasteiger partial charge < -0.3 is 0 Å². The van der Waals surface area contributed by atoms with Crippen LogP contribution in [0.4, 0.5) is 0 Å². The maximum Gasteiger partial charge on any atom is 0.159 e. The molecule has 4 rings (SSSR count). The number of pyridine rings is 1. The summed E-state index contributed by atoms with van der Waals surface area (Å²) in [6.07, 6.45) is 1.78. The second kappa shape index (κ2) is 4.81. The van der Waals surface area contributed by atoms with E-state index in [-0.39, 0.29) is 5.78 Å². The largest absolute Gasteiger partial charge is 0.295 e. The van der Waals surface area contributed by atoms with Crippen LogP contribution in [0.5, 0.6) is 0 Å². The first-order valence-corrected chi connectivity index (χ1v) is 7.21. The minimum absolute atomic E-state index is 0.0692. The number of benzene rings is 2. The van der Waals surface area contributed by atoms with Crippen molar-refractivity contribution in [3.05, 3.63) is 72.4 Å². The fraction of sp³-hybridized carbons (Fsp3) is 0.0526. The first-order chi connectivity index (χ1) is 10.8. The topological polar surface area (TPSA) is 34.9 Å². The highest BCUT2D eigenvalue weighted by atomic mass is 16.1. The lowest BCUT2D eigenvalue weighted by atomic mass is 10.1. The van der Waals surface area contributed by atoms with Crippen molar-refractivity contribution < 1.29 is 4.79 Å². The molecule has 0 unspecified atom stereocenters. The Morgan fingerprint density at radius 2 is 1.68 bits per heavy atom. The predicted octanol–water partition coefficient (Wildman–Crippen LogP) is 4.38. The molecule has 0 spiro atoms. The molecule has 0 aliphatic carbocycles. The minimum Gasteiger partial charge on any atom is -0.295 e. The van der Waals surface area contributed by atoms with Gasteiger partial charge >= 0.3 is 0 Å². The number of hydrogen-bond acceptors (Lipinski definition) is 2. The fourth-order valence-corrected chi connectivity index (χ4v) is 2.92. The predicted molar refractivity (Wildman–Crippen MR) is 88.6 cm³/mol. The summed E-state index contributed by atoms with van der Waals surface area (Å²) in [6.45, 7) is 1.59. The van der Waals surface area contributed by atoms with Crippen molar-refractivity contribution in [1.29, 1.82) is 0 Å². The van der Waals surface area contributed by atoms with Gasteiger partial charge in [-0.15, -0.1) is 0 Å². The molecule has 2 aromatic heterocycles. The molecule has 106 valence electrons. The molecule has 4 aromatic rings. The average Bonchev–Trinajstić information content (AvgIpc) is 2.89. The lowest BCUT2D eigenvalue weighted by molar-refractivity contribution is 0.101. The number of rotatable bonds is 2. The summed E-state index contributed by atoms with van der Waals surface area (Å²) >= 11 is 0. The number of para-hydroxylation sites is 1. The standard InChI is InChI=1S/C19H14N2O/c1-13(22)14-9-10-16-15-6-2-3-7-17(15)21(18(16)12-14)19-8-4-5-11-20-19/h2-12H,1H3. The van der Waals surface area contributed by atoms with Gasteiger partial charge in [-0.05, 0) is 31.2 Å². The Morgan fingerprint density at radius 1 is 0.909 bits per heavy atom. The number of ketones is 1. The fourth-order valence-electron chi connectivity index (χ4n) is 2.92. The van der Waals surface area contributed by atoms with E-state index in [1.165, 1.54) is 5.39 Å². The quantitative estimate of drug-likeness (QED) is 0.512. The van der Waals surface area contributed by atoms with Crippen LogP contribution in [0.25, 0.3) is 27.6 Å². The van der Waals surface area contributed by atoms with E-state index in [0.717, 1.165) is 22.2 Å². The molecule has 0 amide bonds. The zero-order valence-electron chi connectivity index (χ0n) is 12.2. The molecular formula is C19H14N2O. The summed E-state index contributed by atoms with van der Waals surface area (Å²) in [4.78, 5) is 16.2. The summed E-state index contributed by atoms with van der Waals surface area (Å²) < 4.78 is 2.11.